The fraction of sp³-hybridized carbons (Fsp3) is 0.824. The van der Waals surface area contributed by atoms with Crippen molar-refractivity contribution < 1.29 is 4.79 Å². The molecule has 0 aromatic carbocycles. The van der Waals surface area contributed by atoms with Crippen molar-refractivity contribution in [2.75, 3.05) is 18.8 Å². The quantitative estimate of drug-likeness (QED) is 0.242. The number of unbranched alkanes of at least 4 members (excludes halogenated alkanes) is 3. The first kappa shape index (κ1) is 20.6. The number of amides is 1. The van der Waals surface area contributed by atoms with Gasteiger partial charge in [-0.05, 0) is 45.7 Å². The lowest BCUT2D eigenvalue weighted by Gasteiger charge is -2.07. The maximum Gasteiger partial charge on any atom is 0.219 e. The van der Waals surface area contributed by atoms with Crippen molar-refractivity contribution in [2.45, 2.75) is 70.0 Å². The summed E-state index contributed by atoms with van der Waals surface area (Å²) in [5, 5.41) is 3.85. The van der Waals surface area contributed by atoms with Crippen molar-refractivity contribution in [2.24, 2.45) is 9.98 Å². The summed E-state index contributed by atoms with van der Waals surface area (Å²) in [6.07, 6.45) is 9.56. The zero-order valence-corrected chi connectivity index (χ0v) is 16.0. The van der Waals surface area contributed by atoms with Crippen molar-refractivity contribution in [3.8, 4) is 0 Å². The Bertz CT molecular complexity index is 369. The zero-order valence-electron chi connectivity index (χ0n) is 14.4. The van der Waals surface area contributed by atoms with E-state index in [4.69, 9.17) is 0 Å². The molecule has 0 spiro atoms. The maximum atomic E-state index is 11.7. The van der Waals surface area contributed by atoms with Crippen LogP contribution in [0.4, 0.5) is 0 Å². The fourth-order valence-corrected chi connectivity index (χ4v) is 5.54. The Balaban J connectivity index is 1.89. The van der Waals surface area contributed by atoms with Gasteiger partial charge in [0.15, 0.2) is 0 Å². The van der Waals surface area contributed by atoms with Crippen LogP contribution in [-0.2, 0) is 4.79 Å². The van der Waals surface area contributed by atoms with E-state index >= 15 is 0 Å². The van der Waals surface area contributed by atoms with Crippen LogP contribution in [0, 0.1) is 0 Å². The van der Waals surface area contributed by atoms with Crippen LogP contribution < -0.4 is 5.32 Å². The Morgan fingerprint density at radius 3 is 2.74 bits per heavy atom. The predicted octanol–water partition coefficient (Wildman–Crippen LogP) is 4.50. The Morgan fingerprint density at radius 2 is 2.04 bits per heavy atom. The first-order valence-corrected chi connectivity index (χ1v) is 11.2. The minimum Gasteiger partial charge on any atom is -0.356 e. The maximum absolute atomic E-state index is 11.7. The lowest BCUT2D eigenvalue weighted by molar-refractivity contribution is -0.121. The van der Waals surface area contributed by atoms with E-state index < -0.39 is 0 Å². The van der Waals surface area contributed by atoms with Gasteiger partial charge in [0.1, 0.15) is 5.84 Å². The number of carbonyl (C=O) groups excluding carboxylic acids is 1. The third-order valence-electron chi connectivity index (χ3n) is 3.83. The highest BCUT2D eigenvalue weighted by Gasteiger charge is 2.15. The number of hydrogen-bond acceptors (Lipinski definition) is 4. The molecule has 1 aliphatic rings. The summed E-state index contributed by atoms with van der Waals surface area (Å²) in [5.74, 6) is 2.36. The van der Waals surface area contributed by atoms with Gasteiger partial charge >= 0.3 is 0 Å². The molecule has 132 valence electrons. The van der Waals surface area contributed by atoms with Gasteiger partial charge in [0.25, 0.3) is 0 Å². The Hall–Kier alpha value is -0.490. The molecule has 1 fully saturated rings. The van der Waals surface area contributed by atoms with Crippen molar-refractivity contribution in [3.05, 3.63) is 0 Å². The van der Waals surface area contributed by atoms with Crippen LogP contribution in [0.5, 0.6) is 0 Å². The van der Waals surface area contributed by atoms with E-state index in [9.17, 15) is 4.79 Å². The first-order valence-electron chi connectivity index (χ1n) is 8.81. The molecule has 1 aliphatic heterocycles. The lowest BCUT2D eigenvalue weighted by atomic mass is 10.1. The molecule has 1 atom stereocenters. The number of aliphatic imine (C=N–C) groups is 2. The van der Waals surface area contributed by atoms with Gasteiger partial charge in [-0.3, -0.25) is 9.79 Å². The Labute approximate surface area is 149 Å². The van der Waals surface area contributed by atoms with Gasteiger partial charge < -0.3 is 5.32 Å². The molecule has 23 heavy (non-hydrogen) atoms. The molecule has 0 radical (unpaired) electrons. The molecule has 0 saturated carbocycles. The second kappa shape index (κ2) is 13.9. The van der Waals surface area contributed by atoms with E-state index in [1.54, 1.807) is 0 Å². The summed E-state index contributed by atoms with van der Waals surface area (Å²) < 4.78 is 0. The Morgan fingerprint density at radius 1 is 1.22 bits per heavy atom. The normalized spacial score (nSPS) is 18.1. The third-order valence-corrected chi connectivity index (χ3v) is 6.84. The number of rotatable bonds is 12. The summed E-state index contributed by atoms with van der Waals surface area (Å²) in [4.78, 5) is 19.9. The minimum atomic E-state index is 0.208. The summed E-state index contributed by atoms with van der Waals surface area (Å²) in [6, 6.07) is 0. The average Bonchev–Trinajstić information content (AvgIpc) is 3.07. The molecular formula is C17H31N3OS2. The summed E-state index contributed by atoms with van der Waals surface area (Å²) in [5.41, 5.74) is 0. The molecular weight excluding hydrogens is 326 g/mol. The van der Waals surface area contributed by atoms with Crippen LogP contribution in [0.15, 0.2) is 9.98 Å². The van der Waals surface area contributed by atoms with Gasteiger partial charge in [0.05, 0.1) is 0 Å². The van der Waals surface area contributed by atoms with Gasteiger partial charge in [0.2, 0.25) is 5.91 Å². The van der Waals surface area contributed by atoms with Gasteiger partial charge in [-0.25, -0.2) is 4.99 Å². The van der Waals surface area contributed by atoms with Crippen LogP contribution in [0.1, 0.15) is 64.7 Å². The van der Waals surface area contributed by atoms with Gasteiger partial charge in [-0.15, -0.1) is 0 Å². The molecule has 4 nitrogen and oxygen atoms in total. The van der Waals surface area contributed by atoms with Crippen molar-refractivity contribution in [1.29, 1.82) is 0 Å². The molecule has 0 aromatic rings. The molecule has 1 N–H and O–H groups in total. The number of nitrogens with one attached hydrogen (secondary N) is 1. The van der Waals surface area contributed by atoms with E-state index in [0.717, 1.165) is 56.3 Å². The highest BCUT2D eigenvalue weighted by atomic mass is 33.1. The van der Waals surface area contributed by atoms with E-state index in [1.807, 2.05) is 28.5 Å². The molecule has 6 heteroatoms. The summed E-state index contributed by atoms with van der Waals surface area (Å²) in [6.45, 7) is 7.10. The molecule has 0 aliphatic carbocycles. The summed E-state index contributed by atoms with van der Waals surface area (Å²) >= 11 is 0. The highest BCUT2D eigenvalue weighted by Crippen LogP contribution is 2.39. The molecule has 1 amide bonds. The summed E-state index contributed by atoms with van der Waals surface area (Å²) in [7, 11) is 4.02. The minimum absolute atomic E-state index is 0.208. The lowest BCUT2D eigenvalue weighted by Crippen LogP contribution is -2.24. The zero-order chi connectivity index (χ0) is 16.8. The molecule has 1 saturated heterocycles. The van der Waals surface area contributed by atoms with Crippen LogP contribution in [0.2, 0.25) is 0 Å². The molecule has 1 unspecified atom stereocenters. The van der Waals surface area contributed by atoms with Gasteiger partial charge in [-0.1, -0.05) is 34.4 Å². The molecule has 0 bridgehead atoms. The number of nitrogens with zero attached hydrogens (tertiary/aromatic N) is 2. The van der Waals surface area contributed by atoms with E-state index in [2.05, 4.69) is 22.0 Å². The van der Waals surface area contributed by atoms with Crippen molar-refractivity contribution >= 4 is 40.0 Å². The standard InChI is InChI=1S/C17H31N3OS2/c1-3-19-16(18-2)10-5-4-8-13-20-17(21)11-7-6-9-15-12-14-22-23-15/h15H,2-14H2,1H3,(H,20,21). The smallest absolute Gasteiger partial charge is 0.219 e. The van der Waals surface area contributed by atoms with Crippen LogP contribution >= 0.6 is 21.6 Å². The van der Waals surface area contributed by atoms with Crippen molar-refractivity contribution in [3.63, 3.8) is 0 Å². The SMILES string of the molecule is C=NC(CCCCCNC(=O)CCCCC1CCSS1)=NCC. The molecule has 1 heterocycles. The fourth-order valence-electron chi connectivity index (χ4n) is 2.51. The number of amidine groups is 1. The van der Waals surface area contributed by atoms with E-state index in [0.29, 0.717) is 6.42 Å². The second-order valence-corrected chi connectivity index (χ2v) is 8.57. The number of carbonyl (C=O) groups is 1. The largest absolute Gasteiger partial charge is 0.356 e. The topological polar surface area (TPSA) is 53.8 Å². The monoisotopic (exact) mass is 357 g/mol. The highest BCUT2D eigenvalue weighted by molar-refractivity contribution is 8.77. The number of hydrogen-bond donors (Lipinski definition) is 1. The average molecular weight is 358 g/mol. The molecule has 1 rings (SSSR count). The van der Waals surface area contributed by atoms with E-state index in [1.165, 1.54) is 25.0 Å². The van der Waals surface area contributed by atoms with Crippen LogP contribution in [0.25, 0.3) is 0 Å². The molecule has 0 aromatic heterocycles. The van der Waals surface area contributed by atoms with Gasteiger partial charge in [0, 0.05) is 36.9 Å². The van der Waals surface area contributed by atoms with Crippen LogP contribution in [-0.4, -0.2) is 42.6 Å². The Kier molecular flexibility index (Phi) is 12.4. The van der Waals surface area contributed by atoms with Crippen molar-refractivity contribution in [1.82, 2.24) is 5.32 Å². The van der Waals surface area contributed by atoms with E-state index in [-0.39, 0.29) is 5.91 Å². The second-order valence-electron chi connectivity index (χ2n) is 5.78. The predicted molar refractivity (Wildman–Crippen MR) is 106 cm³/mol. The van der Waals surface area contributed by atoms with Gasteiger partial charge in [-0.2, -0.15) is 0 Å². The van der Waals surface area contributed by atoms with Crippen LogP contribution in [0.3, 0.4) is 0 Å². The third kappa shape index (κ3) is 10.8. The first-order chi connectivity index (χ1) is 11.3.